The predicted octanol–water partition coefficient (Wildman–Crippen LogP) is 4.74. The lowest BCUT2D eigenvalue weighted by atomic mass is 10.2. The Bertz CT molecular complexity index is 1130. The van der Waals surface area contributed by atoms with E-state index in [1.165, 1.54) is 16.9 Å². The molecular weight excluding hydrogens is 334 g/mol. The maximum Gasteiger partial charge on any atom is 0.224 e. The molecule has 0 saturated heterocycles. The van der Waals surface area contributed by atoms with Crippen LogP contribution in [0.4, 0.5) is 5.95 Å². The number of para-hydroxylation sites is 2. The minimum absolute atomic E-state index is 0.722. The standard InChI is InChI=1S/C22H23N5/c1-15-9-11-19(12-10-15)27-16(2)13-18(17(27)3)14-23-25-22-24-20-7-5-6-8-21(20)26(22)4/h5-14H,1-4H3,(H,24,25)/b23-14-. The third kappa shape index (κ3) is 3.12. The number of hydrogen-bond acceptors (Lipinski definition) is 3. The van der Waals surface area contributed by atoms with Crippen molar-refractivity contribution >= 4 is 23.2 Å². The van der Waals surface area contributed by atoms with Gasteiger partial charge in [-0.1, -0.05) is 29.8 Å². The number of hydrazone groups is 1. The molecule has 0 atom stereocenters. The Labute approximate surface area is 159 Å². The largest absolute Gasteiger partial charge is 0.318 e. The Hall–Kier alpha value is -3.34. The number of nitrogens with zero attached hydrogens (tertiary/aromatic N) is 4. The molecule has 0 unspecified atom stereocenters. The molecule has 4 rings (SSSR count). The van der Waals surface area contributed by atoms with Gasteiger partial charge in [-0.25, -0.2) is 10.4 Å². The monoisotopic (exact) mass is 357 g/mol. The first-order valence-corrected chi connectivity index (χ1v) is 9.01. The zero-order valence-corrected chi connectivity index (χ0v) is 16.1. The van der Waals surface area contributed by atoms with Crippen LogP contribution < -0.4 is 5.43 Å². The molecule has 2 aromatic carbocycles. The molecular formula is C22H23N5. The number of hydrogen-bond donors (Lipinski definition) is 1. The van der Waals surface area contributed by atoms with E-state index in [1.807, 2.05) is 42.1 Å². The Morgan fingerprint density at radius 3 is 2.48 bits per heavy atom. The fourth-order valence-electron chi connectivity index (χ4n) is 3.41. The van der Waals surface area contributed by atoms with Gasteiger partial charge in [-0.15, -0.1) is 0 Å². The molecule has 2 heterocycles. The minimum atomic E-state index is 0.722. The summed E-state index contributed by atoms with van der Waals surface area (Å²) in [6, 6.07) is 18.8. The van der Waals surface area contributed by atoms with E-state index in [9.17, 15) is 0 Å². The van der Waals surface area contributed by atoms with Gasteiger partial charge in [0.25, 0.3) is 0 Å². The molecule has 0 aliphatic carbocycles. The van der Waals surface area contributed by atoms with Gasteiger partial charge in [-0.2, -0.15) is 5.10 Å². The summed E-state index contributed by atoms with van der Waals surface area (Å²) in [5.74, 6) is 0.722. The molecule has 136 valence electrons. The van der Waals surface area contributed by atoms with E-state index in [-0.39, 0.29) is 0 Å². The van der Waals surface area contributed by atoms with Gasteiger partial charge in [0.1, 0.15) is 0 Å². The summed E-state index contributed by atoms with van der Waals surface area (Å²) >= 11 is 0. The molecule has 27 heavy (non-hydrogen) atoms. The maximum absolute atomic E-state index is 4.58. The summed E-state index contributed by atoms with van der Waals surface area (Å²) in [7, 11) is 1.98. The van der Waals surface area contributed by atoms with E-state index in [4.69, 9.17) is 0 Å². The number of benzene rings is 2. The van der Waals surface area contributed by atoms with E-state index in [0.29, 0.717) is 0 Å². The van der Waals surface area contributed by atoms with Gasteiger partial charge in [0.2, 0.25) is 5.95 Å². The van der Waals surface area contributed by atoms with Crippen LogP contribution in [-0.4, -0.2) is 20.3 Å². The molecule has 0 fully saturated rings. The Morgan fingerprint density at radius 1 is 1.00 bits per heavy atom. The molecule has 1 N–H and O–H groups in total. The first-order valence-electron chi connectivity index (χ1n) is 9.01. The first kappa shape index (κ1) is 17.1. The van der Waals surface area contributed by atoms with Crippen LogP contribution >= 0.6 is 0 Å². The molecule has 0 saturated carbocycles. The van der Waals surface area contributed by atoms with Crippen molar-refractivity contribution in [1.29, 1.82) is 0 Å². The SMILES string of the molecule is Cc1ccc(-n2c(C)cc(/C=N\Nc3nc4ccccc4n3C)c2C)cc1. The smallest absolute Gasteiger partial charge is 0.224 e. The van der Waals surface area contributed by atoms with Gasteiger partial charge in [0, 0.05) is 29.7 Å². The second kappa shape index (κ2) is 6.76. The van der Waals surface area contributed by atoms with Crippen LogP contribution in [0.1, 0.15) is 22.5 Å². The van der Waals surface area contributed by atoms with Crippen molar-refractivity contribution in [2.75, 3.05) is 5.43 Å². The lowest BCUT2D eigenvalue weighted by Crippen LogP contribution is -2.01. The Morgan fingerprint density at radius 2 is 1.74 bits per heavy atom. The van der Waals surface area contributed by atoms with Crippen LogP contribution in [-0.2, 0) is 7.05 Å². The number of imidazole rings is 1. The van der Waals surface area contributed by atoms with E-state index in [0.717, 1.165) is 28.2 Å². The van der Waals surface area contributed by atoms with Crippen LogP contribution in [0.25, 0.3) is 16.7 Å². The maximum atomic E-state index is 4.58. The third-order valence-electron chi connectivity index (χ3n) is 4.92. The van der Waals surface area contributed by atoms with E-state index in [2.05, 4.69) is 71.2 Å². The van der Waals surface area contributed by atoms with Gasteiger partial charge in [-0.3, -0.25) is 0 Å². The quantitative estimate of drug-likeness (QED) is 0.424. The van der Waals surface area contributed by atoms with Gasteiger partial charge >= 0.3 is 0 Å². The van der Waals surface area contributed by atoms with Crippen LogP contribution in [0.2, 0.25) is 0 Å². The van der Waals surface area contributed by atoms with Crippen molar-refractivity contribution in [2.24, 2.45) is 12.1 Å². The number of nitrogens with one attached hydrogen (secondary N) is 1. The molecule has 5 heteroatoms. The topological polar surface area (TPSA) is 47.1 Å². The average molecular weight is 357 g/mol. The summed E-state index contributed by atoms with van der Waals surface area (Å²) in [5, 5.41) is 4.42. The molecule has 0 bridgehead atoms. The van der Waals surface area contributed by atoms with Gasteiger partial charge in [0.15, 0.2) is 0 Å². The fourth-order valence-corrected chi connectivity index (χ4v) is 3.41. The molecule has 0 radical (unpaired) electrons. The number of aryl methyl sites for hydroxylation is 3. The molecule has 4 aromatic rings. The first-order chi connectivity index (χ1) is 13.0. The lowest BCUT2D eigenvalue weighted by Gasteiger charge is -2.09. The van der Waals surface area contributed by atoms with Crippen molar-refractivity contribution in [3.63, 3.8) is 0 Å². The van der Waals surface area contributed by atoms with E-state index in [1.54, 1.807) is 0 Å². The van der Waals surface area contributed by atoms with Gasteiger partial charge in [-0.05, 0) is 51.1 Å². The summed E-state index contributed by atoms with van der Waals surface area (Å²) in [6.07, 6.45) is 1.85. The molecule has 0 aliphatic heterocycles. The highest BCUT2D eigenvalue weighted by molar-refractivity contribution is 5.83. The van der Waals surface area contributed by atoms with Crippen LogP contribution in [0, 0.1) is 20.8 Å². The molecule has 0 spiro atoms. The highest BCUT2D eigenvalue weighted by Gasteiger charge is 2.10. The third-order valence-corrected chi connectivity index (χ3v) is 4.92. The van der Waals surface area contributed by atoms with Gasteiger partial charge in [0.05, 0.1) is 17.2 Å². The number of anilines is 1. The second-order valence-corrected chi connectivity index (χ2v) is 6.85. The highest BCUT2D eigenvalue weighted by atomic mass is 15.4. The lowest BCUT2D eigenvalue weighted by molar-refractivity contribution is 0.943. The Kier molecular flexibility index (Phi) is 4.28. The predicted molar refractivity (Wildman–Crippen MR) is 112 cm³/mol. The number of fused-ring (bicyclic) bond motifs is 1. The molecule has 2 aromatic heterocycles. The van der Waals surface area contributed by atoms with E-state index >= 15 is 0 Å². The van der Waals surface area contributed by atoms with Crippen LogP contribution in [0.3, 0.4) is 0 Å². The summed E-state index contributed by atoms with van der Waals surface area (Å²) in [5.41, 5.74) is 10.9. The fraction of sp³-hybridized carbons (Fsp3) is 0.182. The minimum Gasteiger partial charge on any atom is -0.318 e. The van der Waals surface area contributed by atoms with E-state index < -0.39 is 0 Å². The van der Waals surface area contributed by atoms with Crippen molar-refractivity contribution in [3.05, 3.63) is 77.1 Å². The molecule has 5 nitrogen and oxygen atoms in total. The summed E-state index contributed by atoms with van der Waals surface area (Å²) in [4.78, 5) is 4.58. The normalized spacial score (nSPS) is 11.6. The summed E-state index contributed by atoms with van der Waals surface area (Å²) in [6.45, 7) is 6.33. The number of rotatable bonds is 4. The zero-order chi connectivity index (χ0) is 19.0. The summed E-state index contributed by atoms with van der Waals surface area (Å²) < 4.78 is 4.25. The van der Waals surface area contributed by atoms with Crippen molar-refractivity contribution in [1.82, 2.24) is 14.1 Å². The van der Waals surface area contributed by atoms with Crippen molar-refractivity contribution < 1.29 is 0 Å². The molecule has 0 aliphatic rings. The van der Waals surface area contributed by atoms with Gasteiger partial charge < -0.3 is 9.13 Å². The molecule has 0 amide bonds. The average Bonchev–Trinajstić information content (AvgIpc) is 3.13. The van der Waals surface area contributed by atoms with Crippen LogP contribution in [0.15, 0.2) is 59.7 Å². The highest BCUT2D eigenvalue weighted by Crippen LogP contribution is 2.21. The zero-order valence-electron chi connectivity index (χ0n) is 16.1. The number of aromatic nitrogens is 3. The second-order valence-electron chi connectivity index (χ2n) is 6.85. The Balaban J connectivity index is 1.60. The van der Waals surface area contributed by atoms with Crippen LogP contribution in [0.5, 0.6) is 0 Å². The van der Waals surface area contributed by atoms with Crippen molar-refractivity contribution in [2.45, 2.75) is 20.8 Å². The van der Waals surface area contributed by atoms with Crippen molar-refractivity contribution in [3.8, 4) is 5.69 Å².